The summed E-state index contributed by atoms with van der Waals surface area (Å²) >= 11 is 0. The van der Waals surface area contributed by atoms with Gasteiger partial charge < -0.3 is 15.7 Å². The van der Waals surface area contributed by atoms with Crippen LogP contribution in [0.1, 0.15) is 6.92 Å². The van der Waals surface area contributed by atoms with Crippen LogP contribution >= 0.6 is 0 Å². The number of carbonyl (C=O) groups is 2. The van der Waals surface area contributed by atoms with Gasteiger partial charge in [-0.15, -0.1) is 0 Å². The van der Waals surface area contributed by atoms with Gasteiger partial charge in [-0.3, -0.25) is 9.59 Å². The van der Waals surface area contributed by atoms with Crippen molar-refractivity contribution in [1.29, 1.82) is 5.26 Å². The molecule has 6 nitrogen and oxygen atoms in total. The maximum absolute atomic E-state index is 10.8. The van der Waals surface area contributed by atoms with Gasteiger partial charge in [0, 0.05) is 6.54 Å². The number of nitrogens with one attached hydrogen (secondary N) is 2. The molecule has 2 amide bonds. The van der Waals surface area contributed by atoms with E-state index in [9.17, 15) is 9.59 Å². The van der Waals surface area contributed by atoms with Crippen LogP contribution in [0.2, 0.25) is 0 Å². The summed E-state index contributed by atoms with van der Waals surface area (Å²) in [6.07, 6.45) is -0.701. The van der Waals surface area contributed by atoms with Crippen LogP contribution in [0, 0.1) is 11.3 Å². The van der Waals surface area contributed by atoms with Crippen molar-refractivity contribution < 1.29 is 14.7 Å². The molecular weight excluding hydrogens is 174 g/mol. The molecule has 0 aliphatic carbocycles. The van der Waals surface area contributed by atoms with Gasteiger partial charge in [0.25, 0.3) is 0 Å². The lowest BCUT2D eigenvalue weighted by Gasteiger charge is -2.05. The number of carbonyl (C=O) groups excluding carboxylic acids is 2. The smallest absolute Gasteiger partial charge is 0.310 e. The first-order chi connectivity index (χ1) is 6.07. The van der Waals surface area contributed by atoms with Gasteiger partial charge in [-0.1, -0.05) is 0 Å². The standard InChI is InChI=1S/C7H11N3O3/c1-5(11)4-10-7(13)6(12)9-3-2-8/h5,11H,3-4H2,1H3,(H,9,12)(H,10,13)/t5-/m1/s1. The molecule has 0 saturated heterocycles. The fourth-order valence-electron chi connectivity index (χ4n) is 0.521. The third-order valence-electron chi connectivity index (χ3n) is 1.09. The van der Waals surface area contributed by atoms with E-state index in [1.54, 1.807) is 6.07 Å². The molecule has 0 rings (SSSR count). The van der Waals surface area contributed by atoms with Crippen molar-refractivity contribution in [3.8, 4) is 6.07 Å². The zero-order valence-electron chi connectivity index (χ0n) is 7.20. The molecule has 3 N–H and O–H groups in total. The average Bonchev–Trinajstić information content (AvgIpc) is 2.10. The average molecular weight is 185 g/mol. The summed E-state index contributed by atoms with van der Waals surface area (Å²) in [5.41, 5.74) is 0. The van der Waals surface area contributed by atoms with Crippen LogP contribution in [0.15, 0.2) is 0 Å². The Bertz CT molecular complexity index is 232. The van der Waals surface area contributed by atoms with Gasteiger partial charge in [0.2, 0.25) is 0 Å². The minimum atomic E-state index is -0.873. The lowest BCUT2D eigenvalue weighted by molar-refractivity contribution is -0.139. The number of amides is 2. The summed E-state index contributed by atoms with van der Waals surface area (Å²) in [6, 6.07) is 1.66. The normalized spacial score (nSPS) is 11.2. The zero-order chi connectivity index (χ0) is 10.3. The fraction of sp³-hybridized carbons (Fsp3) is 0.571. The highest BCUT2D eigenvalue weighted by atomic mass is 16.3. The number of aliphatic hydroxyl groups is 1. The molecule has 6 heteroatoms. The number of nitriles is 1. The van der Waals surface area contributed by atoms with Crippen molar-refractivity contribution in [2.45, 2.75) is 13.0 Å². The topological polar surface area (TPSA) is 102 Å². The molecule has 1 atom stereocenters. The van der Waals surface area contributed by atoms with Crippen molar-refractivity contribution in [3.63, 3.8) is 0 Å². The second kappa shape index (κ2) is 5.97. The van der Waals surface area contributed by atoms with E-state index in [2.05, 4.69) is 10.6 Å². The predicted octanol–water partition coefficient (Wildman–Crippen LogP) is -1.88. The van der Waals surface area contributed by atoms with E-state index in [1.165, 1.54) is 6.92 Å². The highest BCUT2D eigenvalue weighted by Crippen LogP contribution is 1.75. The molecule has 0 fully saturated rings. The predicted molar refractivity (Wildman–Crippen MR) is 43.3 cm³/mol. The molecule has 0 heterocycles. The molecule has 0 radical (unpaired) electrons. The summed E-state index contributed by atoms with van der Waals surface area (Å²) in [5, 5.41) is 21.1. The molecule has 0 aromatic heterocycles. The van der Waals surface area contributed by atoms with E-state index >= 15 is 0 Å². The Morgan fingerprint density at radius 2 is 2.00 bits per heavy atom. The maximum Gasteiger partial charge on any atom is 0.310 e. The van der Waals surface area contributed by atoms with E-state index in [0.29, 0.717) is 0 Å². The summed E-state index contributed by atoms with van der Waals surface area (Å²) in [6.45, 7) is 1.28. The van der Waals surface area contributed by atoms with Crippen molar-refractivity contribution in [2.24, 2.45) is 0 Å². The Hall–Kier alpha value is -1.61. The van der Waals surface area contributed by atoms with Crippen LogP contribution in [0.4, 0.5) is 0 Å². The van der Waals surface area contributed by atoms with Gasteiger partial charge in [0.15, 0.2) is 0 Å². The number of rotatable bonds is 3. The lowest BCUT2D eigenvalue weighted by atomic mass is 10.4. The van der Waals surface area contributed by atoms with Gasteiger partial charge in [0.1, 0.15) is 6.54 Å². The third kappa shape index (κ3) is 5.64. The van der Waals surface area contributed by atoms with Crippen LogP contribution in [-0.2, 0) is 9.59 Å². The SMILES string of the molecule is C[C@@H](O)CNC(=O)C(=O)NCC#N. The van der Waals surface area contributed by atoms with Gasteiger partial charge in [-0.05, 0) is 6.92 Å². The molecule has 72 valence electrons. The van der Waals surface area contributed by atoms with Crippen molar-refractivity contribution >= 4 is 11.8 Å². The van der Waals surface area contributed by atoms with Gasteiger partial charge >= 0.3 is 11.8 Å². The molecule has 0 spiro atoms. The Kier molecular flexibility index (Phi) is 5.23. The Balaban J connectivity index is 3.71. The number of hydrogen-bond donors (Lipinski definition) is 3. The van der Waals surface area contributed by atoms with Crippen molar-refractivity contribution in [1.82, 2.24) is 10.6 Å². The Morgan fingerprint density at radius 1 is 1.46 bits per heavy atom. The van der Waals surface area contributed by atoms with E-state index in [-0.39, 0.29) is 13.1 Å². The van der Waals surface area contributed by atoms with Crippen LogP contribution in [0.5, 0.6) is 0 Å². The van der Waals surface area contributed by atoms with Crippen LogP contribution in [-0.4, -0.2) is 36.1 Å². The molecule has 0 unspecified atom stereocenters. The van der Waals surface area contributed by atoms with Crippen molar-refractivity contribution in [3.05, 3.63) is 0 Å². The quantitative estimate of drug-likeness (QED) is 0.354. The zero-order valence-corrected chi connectivity index (χ0v) is 7.20. The molecule has 0 bridgehead atoms. The first kappa shape index (κ1) is 11.4. The van der Waals surface area contributed by atoms with Crippen LogP contribution in [0.3, 0.4) is 0 Å². The minimum absolute atomic E-state index is 0.0127. The highest BCUT2D eigenvalue weighted by Gasteiger charge is 2.12. The van der Waals surface area contributed by atoms with E-state index in [0.717, 1.165) is 0 Å². The summed E-state index contributed by atoms with van der Waals surface area (Å²) in [5.74, 6) is -1.72. The molecule has 0 saturated carbocycles. The van der Waals surface area contributed by atoms with E-state index < -0.39 is 17.9 Å². The number of aliphatic hydroxyl groups excluding tert-OH is 1. The minimum Gasteiger partial charge on any atom is -0.392 e. The maximum atomic E-state index is 10.8. The third-order valence-corrected chi connectivity index (χ3v) is 1.09. The van der Waals surface area contributed by atoms with Gasteiger partial charge in [-0.25, -0.2) is 0 Å². The first-order valence-electron chi connectivity index (χ1n) is 3.69. The monoisotopic (exact) mass is 185 g/mol. The first-order valence-corrected chi connectivity index (χ1v) is 3.69. The number of nitrogens with zero attached hydrogens (tertiary/aromatic N) is 1. The highest BCUT2D eigenvalue weighted by molar-refractivity contribution is 6.35. The van der Waals surface area contributed by atoms with E-state index in [4.69, 9.17) is 10.4 Å². The van der Waals surface area contributed by atoms with E-state index in [1.807, 2.05) is 0 Å². The summed E-state index contributed by atoms with van der Waals surface area (Å²) in [7, 11) is 0. The molecular formula is C7H11N3O3. The molecule has 0 aliphatic heterocycles. The van der Waals surface area contributed by atoms with Crippen molar-refractivity contribution in [2.75, 3.05) is 13.1 Å². The second-order valence-electron chi connectivity index (χ2n) is 2.40. The molecule has 0 aliphatic rings. The van der Waals surface area contributed by atoms with Gasteiger partial charge in [-0.2, -0.15) is 5.26 Å². The summed E-state index contributed by atoms with van der Waals surface area (Å²) in [4.78, 5) is 21.6. The van der Waals surface area contributed by atoms with Crippen LogP contribution < -0.4 is 10.6 Å². The van der Waals surface area contributed by atoms with Crippen LogP contribution in [0.25, 0.3) is 0 Å². The summed E-state index contributed by atoms with van der Waals surface area (Å²) < 4.78 is 0. The lowest BCUT2D eigenvalue weighted by Crippen LogP contribution is -2.42. The largest absolute Gasteiger partial charge is 0.392 e. The second-order valence-corrected chi connectivity index (χ2v) is 2.40. The fourth-order valence-corrected chi connectivity index (χ4v) is 0.521. The molecule has 13 heavy (non-hydrogen) atoms. The van der Waals surface area contributed by atoms with Gasteiger partial charge in [0.05, 0.1) is 12.2 Å². The Labute approximate surface area is 75.5 Å². The number of hydrogen-bond acceptors (Lipinski definition) is 4. The molecule has 0 aromatic carbocycles. The molecule has 0 aromatic rings. The Morgan fingerprint density at radius 3 is 2.46 bits per heavy atom.